The highest BCUT2D eigenvalue weighted by Gasteiger charge is 2.28. The minimum Gasteiger partial charge on any atom is -0.383 e. The van der Waals surface area contributed by atoms with Gasteiger partial charge < -0.3 is 16.0 Å². The molecule has 252 valence electrons. The topological polar surface area (TPSA) is 154 Å². The molecule has 49 heavy (non-hydrogen) atoms. The number of pyridine rings is 2. The number of carbonyl (C=O) groups excluding carboxylic acids is 3. The van der Waals surface area contributed by atoms with Gasteiger partial charge in [0.1, 0.15) is 5.82 Å². The minimum absolute atomic E-state index is 0.121. The summed E-state index contributed by atoms with van der Waals surface area (Å²) in [5, 5.41) is 14.1. The lowest BCUT2D eigenvalue weighted by Gasteiger charge is -2.31. The first-order valence-corrected chi connectivity index (χ1v) is 17.0. The van der Waals surface area contributed by atoms with Gasteiger partial charge in [-0.2, -0.15) is 0 Å². The average molecular weight is 658 g/mol. The first kappa shape index (κ1) is 33.7. The molecular weight excluding hydrogens is 614 g/mol. The van der Waals surface area contributed by atoms with Crippen molar-refractivity contribution in [1.82, 2.24) is 25.5 Å². The van der Waals surface area contributed by atoms with Crippen LogP contribution in [0.3, 0.4) is 0 Å². The number of likely N-dealkylation sites (tertiary alicyclic amines) is 1. The number of rotatable bonds is 11. The molecule has 0 bridgehead atoms. The Balaban J connectivity index is 1.03. The summed E-state index contributed by atoms with van der Waals surface area (Å²) in [5.41, 5.74) is 14.9. The van der Waals surface area contributed by atoms with Crippen molar-refractivity contribution in [3.05, 3.63) is 112 Å². The Morgan fingerprint density at radius 3 is 2.45 bits per heavy atom. The van der Waals surface area contributed by atoms with E-state index in [2.05, 4.69) is 44.8 Å². The van der Waals surface area contributed by atoms with Crippen LogP contribution in [0.4, 0.5) is 5.82 Å². The first-order chi connectivity index (χ1) is 23.7. The largest absolute Gasteiger partial charge is 0.383 e. The number of anilines is 1. The van der Waals surface area contributed by atoms with Crippen LogP contribution in [-0.2, 0) is 20.8 Å². The summed E-state index contributed by atoms with van der Waals surface area (Å²) in [6.45, 7) is 6.91. The number of benzene rings is 2. The van der Waals surface area contributed by atoms with Crippen molar-refractivity contribution in [2.24, 2.45) is 0 Å². The van der Waals surface area contributed by atoms with Gasteiger partial charge in [-0.3, -0.25) is 30.1 Å². The smallest absolute Gasteiger partial charge is 0.234 e. The number of hydrogen-bond acceptors (Lipinski definition) is 8. The normalized spacial score (nSPS) is 17.7. The molecule has 0 aliphatic carbocycles. The van der Waals surface area contributed by atoms with E-state index in [1.165, 1.54) is 5.56 Å². The van der Waals surface area contributed by atoms with Crippen molar-refractivity contribution < 1.29 is 14.4 Å². The van der Waals surface area contributed by atoms with E-state index in [1.54, 1.807) is 6.20 Å². The molecule has 2 aromatic heterocycles. The summed E-state index contributed by atoms with van der Waals surface area (Å²) in [4.78, 5) is 46.3. The molecule has 0 saturated carbocycles. The van der Waals surface area contributed by atoms with E-state index in [4.69, 9.17) is 16.1 Å². The zero-order chi connectivity index (χ0) is 34.5. The fourth-order valence-electron chi connectivity index (χ4n) is 6.98. The Kier molecular flexibility index (Phi) is 10.2. The van der Waals surface area contributed by atoms with Gasteiger partial charge in [-0.1, -0.05) is 42.5 Å². The number of nitrogens with one attached hydrogen (secondary N) is 3. The molecule has 2 atom stereocenters. The summed E-state index contributed by atoms with van der Waals surface area (Å²) >= 11 is 0. The molecule has 4 aromatic rings. The van der Waals surface area contributed by atoms with E-state index in [0.29, 0.717) is 36.6 Å². The van der Waals surface area contributed by atoms with Crippen molar-refractivity contribution in [3.63, 3.8) is 0 Å². The minimum atomic E-state index is -0.245. The van der Waals surface area contributed by atoms with Crippen LogP contribution < -0.4 is 16.4 Å². The molecule has 2 aliphatic heterocycles. The van der Waals surface area contributed by atoms with Gasteiger partial charge in [-0.25, -0.2) is 4.98 Å². The molecule has 2 aromatic carbocycles. The summed E-state index contributed by atoms with van der Waals surface area (Å²) in [5.74, 6) is 0.0767. The fourth-order valence-corrected chi connectivity index (χ4v) is 6.98. The highest BCUT2D eigenvalue weighted by Crippen LogP contribution is 2.30. The van der Waals surface area contributed by atoms with E-state index in [9.17, 15) is 14.4 Å². The number of aromatic nitrogens is 2. The second-order valence-corrected chi connectivity index (χ2v) is 13.2. The number of nitrogens with zero attached hydrogens (tertiary/aromatic N) is 3. The number of nitrogens with two attached hydrogens (primary N) is 1. The Labute approximate surface area is 287 Å². The van der Waals surface area contributed by atoms with Crippen LogP contribution in [-0.4, -0.2) is 58.4 Å². The number of hydrogen-bond donors (Lipinski definition) is 4. The van der Waals surface area contributed by atoms with Crippen LogP contribution in [0, 0.1) is 12.3 Å². The van der Waals surface area contributed by atoms with E-state index in [0.717, 1.165) is 78.0 Å². The number of carbonyl (C=O) groups is 3. The third-order valence-corrected chi connectivity index (χ3v) is 9.99. The number of nitrogen functional groups attached to an aromatic ring is 1. The summed E-state index contributed by atoms with van der Waals surface area (Å²) in [6, 6.07) is 20.0. The molecule has 2 fully saturated rings. The van der Waals surface area contributed by atoms with Crippen molar-refractivity contribution in [2.75, 3.05) is 25.4 Å². The molecule has 1 unspecified atom stereocenters. The van der Waals surface area contributed by atoms with Gasteiger partial charge >= 0.3 is 0 Å². The molecule has 10 nitrogen and oxygen atoms in total. The lowest BCUT2D eigenvalue weighted by Crippen LogP contribution is -2.39. The van der Waals surface area contributed by atoms with Crippen molar-refractivity contribution >= 4 is 29.8 Å². The molecule has 3 amide bonds. The van der Waals surface area contributed by atoms with Crippen LogP contribution >= 0.6 is 0 Å². The first-order valence-electron chi connectivity index (χ1n) is 17.0. The quantitative estimate of drug-likeness (QED) is 0.0982. The Morgan fingerprint density at radius 1 is 1.02 bits per heavy atom. The van der Waals surface area contributed by atoms with Gasteiger partial charge in [-0.05, 0) is 93.1 Å². The molecule has 2 aliphatic rings. The molecule has 2 saturated heterocycles. The van der Waals surface area contributed by atoms with Gasteiger partial charge in [-0.15, -0.1) is 0 Å². The van der Waals surface area contributed by atoms with E-state index in [-0.39, 0.29) is 29.5 Å². The van der Waals surface area contributed by atoms with E-state index in [1.807, 2.05) is 56.4 Å². The third kappa shape index (κ3) is 7.76. The Morgan fingerprint density at radius 2 is 1.78 bits per heavy atom. The zero-order valence-electron chi connectivity index (χ0n) is 28.0. The fraction of sp³-hybridized carbons (Fsp3) is 0.333. The predicted octanol–water partition coefficient (Wildman–Crippen LogP) is 5.20. The SMILES string of the molecule is Cc1cc(C(=N)c2cc(-c3ccc(C4CCN(CCc5ccc(C6CCC(=O)NC6=O)cc5)CC4)nc3)cnc2N)ccc1[C@@H](C)NC=O. The molecule has 0 spiro atoms. The van der Waals surface area contributed by atoms with Gasteiger partial charge in [0.25, 0.3) is 0 Å². The molecular formula is C39H43N7O3. The molecule has 0 radical (unpaired) electrons. The maximum absolute atomic E-state index is 12.2. The van der Waals surface area contributed by atoms with Crippen LogP contribution in [0.5, 0.6) is 0 Å². The third-order valence-electron chi connectivity index (χ3n) is 9.99. The van der Waals surface area contributed by atoms with Crippen LogP contribution in [0.25, 0.3) is 11.1 Å². The molecule has 4 heterocycles. The number of aryl methyl sites for hydroxylation is 1. The number of amides is 3. The van der Waals surface area contributed by atoms with E-state index >= 15 is 0 Å². The summed E-state index contributed by atoms with van der Waals surface area (Å²) < 4.78 is 0. The second-order valence-electron chi connectivity index (χ2n) is 13.2. The summed E-state index contributed by atoms with van der Waals surface area (Å²) in [6.07, 6.45) is 8.32. The Hall–Kier alpha value is -5.22. The van der Waals surface area contributed by atoms with Gasteiger partial charge in [0.15, 0.2) is 0 Å². The maximum Gasteiger partial charge on any atom is 0.234 e. The van der Waals surface area contributed by atoms with Gasteiger partial charge in [0.05, 0.1) is 17.7 Å². The van der Waals surface area contributed by atoms with Crippen molar-refractivity contribution in [3.8, 4) is 11.1 Å². The second kappa shape index (κ2) is 14.9. The van der Waals surface area contributed by atoms with Crippen LogP contribution in [0.2, 0.25) is 0 Å². The van der Waals surface area contributed by atoms with Gasteiger partial charge in [0, 0.05) is 59.2 Å². The zero-order valence-corrected chi connectivity index (χ0v) is 28.0. The van der Waals surface area contributed by atoms with Crippen LogP contribution in [0.1, 0.15) is 89.6 Å². The van der Waals surface area contributed by atoms with Crippen molar-refractivity contribution in [2.45, 2.75) is 63.8 Å². The van der Waals surface area contributed by atoms with Gasteiger partial charge in [0.2, 0.25) is 18.2 Å². The predicted molar refractivity (Wildman–Crippen MR) is 190 cm³/mol. The maximum atomic E-state index is 12.2. The lowest BCUT2D eigenvalue weighted by atomic mass is 9.90. The van der Waals surface area contributed by atoms with Crippen LogP contribution in [0.15, 0.2) is 73.1 Å². The Bertz CT molecular complexity index is 1850. The molecule has 5 N–H and O–H groups in total. The lowest BCUT2D eigenvalue weighted by molar-refractivity contribution is -0.134. The average Bonchev–Trinajstić information content (AvgIpc) is 3.11. The van der Waals surface area contributed by atoms with E-state index < -0.39 is 0 Å². The monoisotopic (exact) mass is 657 g/mol. The standard InChI is InChI=1S/C39H43N7O3/c1-24-19-29(7-9-32(24)25(2)44-23-47)37(40)34-20-31(22-43-38(34)41)30-8-11-35(42-21-30)28-14-17-46(18-15-28)16-13-26-3-5-27(6-4-26)33-10-12-36(48)45-39(33)49/h3-9,11,19-23,25,28,33,40H,10,12-18H2,1-2H3,(H2,41,43)(H,44,47)(H,45,48,49)/t25-,33?/m1/s1. The molecule has 6 rings (SSSR count). The number of imide groups is 1. The highest BCUT2D eigenvalue weighted by atomic mass is 16.2. The number of piperidine rings is 2. The summed E-state index contributed by atoms with van der Waals surface area (Å²) in [7, 11) is 0. The highest BCUT2D eigenvalue weighted by molar-refractivity contribution is 6.14. The van der Waals surface area contributed by atoms with Crippen molar-refractivity contribution in [1.29, 1.82) is 5.41 Å². The molecule has 10 heteroatoms.